The van der Waals surface area contributed by atoms with Crippen molar-refractivity contribution in [3.8, 4) is 11.3 Å². The third-order valence-electron chi connectivity index (χ3n) is 6.87. The van der Waals surface area contributed by atoms with Crippen molar-refractivity contribution < 1.29 is 46.2 Å². The molecule has 2 aromatic carbocycles. The number of hydrogen-bond acceptors (Lipinski definition) is 8. The number of rotatable bonds is 14. The zero-order chi connectivity index (χ0) is 31.3. The van der Waals surface area contributed by atoms with Crippen LogP contribution in [0.15, 0.2) is 40.8 Å². The van der Waals surface area contributed by atoms with Gasteiger partial charge in [-0.05, 0) is 61.1 Å². The van der Waals surface area contributed by atoms with Crippen molar-refractivity contribution in [2.75, 3.05) is 37.3 Å². The first-order chi connectivity index (χ1) is 20.4. The molecular formula is C29H32FN3O9S. The zero-order valence-electron chi connectivity index (χ0n) is 23.6. The van der Waals surface area contributed by atoms with Gasteiger partial charge in [0.25, 0.3) is 5.91 Å². The number of amides is 2. The molecule has 1 saturated carbocycles. The Labute approximate surface area is 247 Å². The quantitative estimate of drug-likeness (QED) is 0.230. The molecule has 0 saturated heterocycles. The van der Waals surface area contributed by atoms with Gasteiger partial charge in [0, 0.05) is 36.9 Å². The number of fused-ring (bicyclic) bond motifs is 1. The Kier molecular flexibility index (Phi) is 9.69. The predicted octanol–water partition coefficient (Wildman–Crippen LogP) is 3.16. The lowest BCUT2D eigenvalue weighted by molar-refractivity contribution is -0.143. The first kappa shape index (κ1) is 31.5. The van der Waals surface area contributed by atoms with Gasteiger partial charge in [0.2, 0.25) is 15.9 Å². The van der Waals surface area contributed by atoms with Crippen LogP contribution >= 0.6 is 0 Å². The topological polar surface area (TPSA) is 172 Å². The summed E-state index contributed by atoms with van der Waals surface area (Å²) in [6, 6.07) is 8.75. The monoisotopic (exact) mass is 617 g/mol. The predicted molar refractivity (Wildman–Crippen MR) is 155 cm³/mol. The molecule has 0 aliphatic heterocycles. The smallest absolute Gasteiger partial charge is 0.325 e. The Morgan fingerprint density at radius 3 is 2.42 bits per heavy atom. The maximum absolute atomic E-state index is 13.6. The average molecular weight is 618 g/mol. The van der Waals surface area contributed by atoms with Gasteiger partial charge in [0.1, 0.15) is 30.3 Å². The van der Waals surface area contributed by atoms with Crippen LogP contribution in [0.25, 0.3) is 22.3 Å². The standard InChI is InChI=1S/C29H32FN3O9S/c1-31-29(38)27-21-14-20(17-6-7-17)22(15-23(21)42-28(27)18-8-10-19(30)11-9-18)33(43(2,39)40)12-13-41-26(37)16-32-24(34)4-3-5-25(35)36/h8-11,14-15,17H,3-7,12-13,16H2,1-2H3,(H,31,38)(H,32,34)(H,35,36). The molecule has 3 N–H and O–H groups in total. The number of furan rings is 1. The summed E-state index contributed by atoms with van der Waals surface area (Å²) in [6.07, 6.45) is 2.54. The number of nitrogens with one attached hydrogen (secondary N) is 2. The Morgan fingerprint density at radius 1 is 1.12 bits per heavy atom. The van der Waals surface area contributed by atoms with Crippen LogP contribution in [0.2, 0.25) is 0 Å². The number of carbonyl (C=O) groups is 4. The minimum Gasteiger partial charge on any atom is -0.481 e. The summed E-state index contributed by atoms with van der Waals surface area (Å²) in [5, 5.41) is 14.1. The minimum absolute atomic E-state index is 0.0456. The molecule has 3 aromatic rings. The molecule has 1 aliphatic carbocycles. The van der Waals surface area contributed by atoms with Gasteiger partial charge in [-0.25, -0.2) is 12.8 Å². The lowest BCUT2D eigenvalue weighted by Gasteiger charge is -2.25. The molecule has 1 aromatic heterocycles. The van der Waals surface area contributed by atoms with Gasteiger partial charge in [0.15, 0.2) is 0 Å². The van der Waals surface area contributed by atoms with Gasteiger partial charge in [0.05, 0.1) is 24.1 Å². The highest BCUT2D eigenvalue weighted by Crippen LogP contribution is 2.48. The first-order valence-corrected chi connectivity index (χ1v) is 15.4. The van der Waals surface area contributed by atoms with Crippen molar-refractivity contribution >= 4 is 50.4 Å². The lowest BCUT2D eigenvalue weighted by Crippen LogP contribution is -2.36. The molecule has 43 heavy (non-hydrogen) atoms. The summed E-state index contributed by atoms with van der Waals surface area (Å²) in [7, 11) is -2.40. The number of ether oxygens (including phenoxy) is 1. The molecule has 0 unspecified atom stereocenters. The second-order valence-electron chi connectivity index (χ2n) is 10.2. The van der Waals surface area contributed by atoms with Crippen LogP contribution in [0.4, 0.5) is 10.1 Å². The molecule has 0 radical (unpaired) electrons. The fraction of sp³-hybridized carbons (Fsp3) is 0.379. The number of anilines is 1. The fourth-order valence-corrected chi connectivity index (χ4v) is 5.58. The van der Waals surface area contributed by atoms with Crippen molar-refractivity contribution in [2.24, 2.45) is 0 Å². The Morgan fingerprint density at radius 2 is 1.81 bits per heavy atom. The van der Waals surface area contributed by atoms with Crippen LogP contribution in [-0.4, -0.2) is 70.3 Å². The number of benzene rings is 2. The molecule has 1 aliphatic rings. The van der Waals surface area contributed by atoms with Gasteiger partial charge in [-0.15, -0.1) is 0 Å². The fourth-order valence-electron chi connectivity index (χ4n) is 4.66. The summed E-state index contributed by atoms with van der Waals surface area (Å²) >= 11 is 0. The summed E-state index contributed by atoms with van der Waals surface area (Å²) < 4.78 is 51.8. The zero-order valence-corrected chi connectivity index (χ0v) is 24.5. The summed E-state index contributed by atoms with van der Waals surface area (Å²) in [6.45, 7) is -0.994. The molecule has 230 valence electrons. The molecule has 1 heterocycles. The largest absolute Gasteiger partial charge is 0.481 e. The van der Waals surface area contributed by atoms with E-state index in [9.17, 15) is 32.0 Å². The highest BCUT2D eigenvalue weighted by molar-refractivity contribution is 7.92. The second-order valence-corrected chi connectivity index (χ2v) is 12.1. The average Bonchev–Trinajstić information content (AvgIpc) is 3.73. The van der Waals surface area contributed by atoms with Crippen LogP contribution in [-0.2, 0) is 29.1 Å². The van der Waals surface area contributed by atoms with E-state index in [1.807, 2.05) is 0 Å². The Balaban J connectivity index is 1.58. The van der Waals surface area contributed by atoms with Gasteiger partial charge >= 0.3 is 11.9 Å². The van der Waals surface area contributed by atoms with E-state index in [1.165, 1.54) is 31.3 Å². The molecule has 1 fully saturated rings. The van der Waals surface area contributed by atoms with E-state index in [-0.39, 0.29) is 55.2 Å². The number of carboxylic acids is 1. The third-order valence-corrected chi connectivity index (χ3v) is 8.05. The van der Waals surface area contributed by atoms with Crippen LogP contribution in [0.5, 0.6) is 0 Å². The second kappa shape index (κ2) is 13.2. The molecule has 0 atom stereocenters. The molecule has 0 bridgehead atoms. The van der Waals surface area contributed by atoms with Crippen molar-refractivity contribution in [2.45, 2.75) is 38.0 Å². The van der Waals surface area contributed by atoms with Gasteiger partial charge in [-0.1, -0.05) is 0 Å². The van der Waals surface area contributed by atoms with Crippen molar-refractivity contribution in [3.63, 3.8) is 0 Å². The Hall–Kier alpha value is -4.46. The third kappa shape index (κ3) is 7.89. The summed E-state index contributed by atoms with van der Waals surface area (Å²) in [5.41, 5.74) is 1.96. The van der Waals surface area contributed by atoms with Crippen molar-refractivity contribution in [3.05, 3.63) is 53.3 Å². The van der Waals surface area contributed by atoms with Gasteiger partial charge in [-0.3, -0.25) is 23.5 Å². The van der Waals surface area contributed by atoms with E-state index in [0.717, 1.165) is 23.4 Å². The Bertz CT molecular complexity index is 1650. The van der Waals surface area contributed by atoms with E-state index in [1.54, 1.807) is 12.1 Å². The number of sulfonamides is 1. The number of carbonyl (C=O) groups excluding carboxylic acids is 3. The van der Waals surface area contributed by atoms with Crippen LogP contribution in [0, 0.1) is 5.82 Å². The molecule has 4 rings (SSSR count). The van der Waals surface area contributed by atoms with Gasteiger partial charge in [-0.2, -0.15) is 0 Å². The number of aliphatic carboxylic acids is 1. The maximum Gasteiger partial charge on any atom is 0.325 e. The van der Waals surface area contributed by atoms with E-state index >= 15 is 0 Å². The normalized spacial score (nSPS) is 13.0. The molecule has 0 spiro atoms. The number of hydrogen-bond donors (Lipinski definition) is 3. The number of carboxylic acid groups (broad SMARTS) is 1. The molecule has 12 nitrogen and oxygen atoms in total. The van der Waals surface area contributed by atoms with E-state index in [2.05, 4.69) is 10.6 Å². The maximum atomic E-state index is 13.6. The first-order valence-electron chi connectivity index (χ1n) is 13.6. The van der Waals surface area contributed by atoms with Crippen LogP contribution in [0.1, 0.15) is 53.9 Å². The SMILES string of the molecule is CNC(=O)c1c(-c2ccc(F)cc2)oc2cc(N(CCOC(=O)CNC(=O)CCCC(=O)O)S(C)(=O)=O)c(C3CC3)cc12. The van der Waals surface area contributed by atoms with Crippen LogP contribution < -0.4 is 14.9 Å². The number of nitrogens with zero attached hydrogens (tertiary/aromatic N) is 1. The lowest BCUT2D eigenvalue weighted by atomic mass is 10.0. The molecule has 14 heteroatoms. The summed E-state index contributed by atoms with van der Waals surface area (Å²) in [5.74, 6) is -2.95. The highest BCUT2D eigenvalue weighted by atomic mass is 32.2. The van der Waals surface area contributed by atoms with Crippen molar-refractivity contribution in [1.82, 2.24) is 10.6 Å². The van der Waals surface area contributed by atoms with Crippen molar-refractivity contribution in [1.29, 1.82) is 0 Å². The van der Waals surface area contributed by atoms with E-state index in [4.69, 9.17) is 14.3 Å². The number of halogens is 1. The van der Waals surface area contributed by atoms with E-state index in [0.29, 0.717) is 22.2 Å². The number of esters is 1. The minimum atomic E-state index is -3.88. The molecule has 2 amide bonds. The highest BCUT2D eigenvalue weighted by Gasteiger charge is 2.33. The van der Waals surface area contributed by atoms with E-state index < -0.39 is 46.1 Å². The van der Waals surface area contributed by atoms with Crippen LogP contribution in [0.3, 0.4) is 0 Å². The molecular weight excluding hydrogens is 585 g/mol. The van der Waals surface area contributed by atoms with Gasteiger partial charge < -0.3 is 24.9 Å². The summed E-state index contributed by atoms with van der Waals surface area (Å²) in [4.78, 5) is 47.5.